The number of urea groups is 1. The molecule has 2 fully saturated rings. The number of piperazine rings is 1. The van der Waals surface area contributed by atoms with Crippen molar-refractivity contribution in [2.45, 2.75) is 25.3 Å². The summed E-state index contributed by atoms with van der Waals surface area (Å²) >= 11 is 0. The summed E-state index contributed by atoms with van der Waals surface area (Å²) in [6.07, 6.45) is 1.67. The highest BCUT2D eigenvalue weighted by Crippen LogP contribution is 2.06. The SMILES string of the molecule is O=C(O)CCN1CCN(C(=O)NC2CCCNC2=O)CC1. The molecule has 1 unspecified atom stereocenters. The second-order valence-corrected chi connectivity index (χ2v) is 5.41. The van der Waals surface area contributed by atoms with Crippen LogP contribution in [0.25, 0.3) is 0 Å². The van der Waals surface area contributed by atoms with E-state index < -0.39 is 12.0 Å². The van der Waals surface area contributed by atoms with Gasteiger partial charge in [0.2, 0.25) is 5.91 Å². The lowest BCUT2D eigenvalue weighted by atomic mass is 10.1. The zero-order valence-corrected chi connectivity index (χ0v) is 12.0. The molecule has 0 spiro atoms. The number of nitrogens with one attached hydrogen (secondary N) is 2. The maximum Gasteiger partial charge on any atom is 0.318 e. The largest absolute Gasteiger partial charge is 0.481 e. The minimum Gasteiger partial charge on any atom is -0.481 e. The summed E-state index contributed by atoms with van der Waals surface area (Å²) in [5, 5.41) is 14.2. The topological polar surface area (TPSA) is 102 Å². The van der Waals surface area contributed by atoms with E-state index in [-0.39, 0.29) is 18.4 Å². The fourth-order valence-corrected chi connectivity index (χ4v) is 2.58. The molecule has 118 valence electrons. The fraction of sp³-hybridized carbons (Fsp3) is 0.769. The Morgan fingerprint density at radius 1 is 1.29 bits per heavy atom. The molecule has 2 saturated heterocycles. The van der Waals surface area contributed by atoms with Crippen LogP contribution in [-0.4, -0.2) is 78.1 Å². The maximum absolute atomic E-state index is 12.1. The number of rotatable bonds is 4. The van der Waals surface area contributed by atoms with Gasteiger partial charge in [0, 0.05) is 39.3 Å². The first-order chi connectivity index (χ1) is 10.1. The lowest BCUT2D eigenvalue weighted by Gasteiger charge is -2.35. The molecule has 3 amide bonds. The summed E-state index contributed by atoms with van der Waals surface area (Å²) in [7, 11) is 0. The van der Waals surface area contributed by atoms with Crippen LogP contribution in [0.4, 0.5) is 4.79 Å². The molecule has 0 aliphatic carbocycles. The Morgan fingerprint density at radius 2 is 2.00 bits per heavy atom. The van der Waals surface area contributed by atoms with Crippen molar-refractivity contribution in [1.29, 1.82) is 0 Å². The molecule has 8 heteroatoms. The number of carboxylic acid groups (broad SMARTS) is 1. The highest BCUT2D eigenvalue weighted by atomic mass is 16.4. The Labute approximate surface area is 123 Å². The molecule has 3 N–H and O–H groups in total. The van der Waals surface area contributed by atoms with Crippen LogP contribution in [-0.2, 0) is 9.59 Å². The number of carbonyl (C=O) groups is 3. The van der Waals surface area contributed by atoms with Gasteiger partial charge in [-0.05, 0) is 12.8 Å². The minimum absolute atomic E-state index is 0.116. The van der Waals surface area contributed by atoms with Gasteiger partial charge in [-0.25, -0.2) is 4.79 Å². The van der Waals surface area contributed by atoms with E-state index in [2.05, 4.69) is 10.6 Å². The van der Waals surface area contributed by atoms with Crippen molar-refractivity contribution >= 4 is 17.9 Å². The summed E-state index contributed by atoms with van der Waals surface area (Å²) in [5.41, 5.74) is 0. The van der Waals surface area contributed by atoms with Gasteiger partial charge in [-0.2, -0.15) is 0 Å². The van der Waals surface area contributed by atoms with Crippen LogP contribution in [0, 0.1) is 0 Å². The molecule has 2 aliphatic rings. The molecule has 2 aliphatic heterocycles. The molecule has 0 aromatic rings. The number of carbonyl (C=O) groups excluding carboxylic acids is 2. The number of nitrogens with zero attached hydrogens (tertiary/aromatic N) is 2. The zero-order valence-electron chi connectivity index (χ0n) is 12.0. The molecule has 0 saturated carbocycles. The Balaban J connectivity index is 1.72. The first-order valence-electron chi connectivity index (χ1n) is 7.33. The van der Waals surface area contributed by atoms with Crippen molar-refractivity contribution in [1.82, 2.24) is 20.4 Å². The van der Waals surface area contributed by atoms with E-state index in [1.54, 1.807) is 4.90 Å². The van der Waals surface area contributed by atoms with E-state index in [0.29, 0.717) is 45.7 Å². The third kappa shape index (κ3) is 4.59. The minimum atomic E-state index is -0.807. The molecule has 0 aromatic carbocycles. The second-order valence-electron chi connectivity index (χ2n) is 5.41. The number of piperidine rings is 1. The average molecular weight is 298 g/mol. The van der Waals surface area contributed by atoms with Crippen LogP contribution in [0.3, 0.4) is 0 Å². The highest BCUT2D eigenvalue weighted by Gasteiger charge is 2.27. The first kappa shape index (κ1) is 15.6. The predicted octanol–water partition coefficient (Wildman–Crippen LogP) is -0.933. The normalized spacial score (nSPS) is 23.5. The summed E-state index contributed by atoms with van der Waals surface area (Å²) in [6.45, 7) is 3.62. The van der Waals surface area contributed by atoms with Gasteiger partial charge in [-0.15, -0.1) is 0 Å². The van der Waals surface area contributed by atoms with E-state index in [0.717, 1.165) is 6.42 Å². The van der Waals surface area contributed by atoms with E-state index in [1.165, 1.54) is 0 Å². The molecule has 2 rings (SSSR count). The molecule has 2 heterocycles. The number of hydrogen-bond donors (Lipinski definition) is 3. The Bertz CT molecular complexity index is 407. The molecule has 0 radical (unpaired) electrons. The number of carboxylic acids is 1. The van der Waals surface area contributed by atoms with Crippen molar-refractivity contribution in [2.24, 2.45) is 0 Å². The second kappa shape index (κ2) is 7.26. The van der Waals surface area contributed by atoms with Gasteiger partial charge in [-0.3, -0.25) is 14.5 Å². The molecule has 8 nitrogen and oxygen atoms in total. The van der Waals surface area contributed by atoms with Gasteiger partial charge in [0.1, 0.15) is 6.04 Å². The van der Waals surface area contributed by atoms with Crippen LogP contribution in [0.15, 0.2) is 0 Å². The smallest absolute Gasteiger partial charge is 0.318 e. The molecule has 21 heavy (non-hydrogen) atoms. The summed E-state index contributed by atoms with van der Waals surface area (Å²) in [6, 6.07) is -0.647. The molecule has 0 aromatic heterocycles. The van der Waals surface area contributed by atoms with Crippen LogP contribution in [0.2, 0.25) is 0 Å². The van der Waals surface area contributed by atoms with Crippen LogP contribution >= 0.6 is 0 Å². The lowest BCUT2D eigenvalue weighted by molar-refractivity contribution is -0.137. The highest BCUT2D eigenvalue weighted by molar-refractivity contribution is 5.87. The van der Waals surface area contributed by atoms with Crippen molar-refractivity contribution < 1.29 is 19.5 Å². The molecule has 0 bridgehead atoms. The van der Waals surface area contributed by atoms with Gasteiger partial charge in [-0.1, -0.05) is 0 Å². The van der Waals surface area contributed by atoms with Crippen molar-refractivity contribution in [3.63, 3.8) is 0 Å². The summed E-state index contributed by atoms with van der Waals surface area (Å²) in [4.78, 5) is 38.0. The Morgan fingerprint density at radius 3 is 2.62 bits per heavy atom. The van der Waals surface area contributed by atoms with E-state index >= 15 is 0 Å². The zero-order chi connectivity index (χ0) is 15.2. The van der Waals surface area contributed by atoms with Gasteiger partial charge < -0.3 is 20.6 Å². The Kier molecular flexibility index (Phi) is 5.38. The van der Waals surface area contributed by atoms with Gasteiger partial charge in [0.15, 0.2) is 0 Å². The van der Waals surface area contributed by atoms with Crippen LogP contribution < -0.4 is 10.6 Å². The van der Waals surface area contributed by atoms with Crippen LogP contribution in [0.5, 0.6) is 0 Å². The summed E-state index contributed by atoms with van der Waals surface area (Å²) < 4.78 is 0. The summed E-state index contributed by atoms with van der Waals surface area (Å²) in [5.74, 6) is -0.923. The Hall–Kier alpha value is -1.83. The third-order valence-corrected chi connectivity index (χ3v) is 3.88. The molecule has 1 atom stereocenters. The number of amides is 3. The predicted molar refractivity (Wildman–Crippen MR) is 74.8 cm³/mol. The van der Waals surface area contributed by atoms with Crippen molar-refractivity contribution in [3.05, 3.63) is 0 Å². The average Bonchev–Trinajstić information content (AvgIpc) is 2.48. The number of aliphatic carboxylic acids is 1. The van der Waals surface area contributed by atoms with Crippen molar-refractivity contribution in [3.8, 4) is 0 Å². The quantitative estimate of drug-likeness (QED) is 0.622. The standard InChI is InChI=1S/C13H22N4O4/c18-11(19)3-5-16-6-8-17(9-7-16)13(21)15-10-2-1-4-14-12(10)20/h10H,1-9H2,(H,14,20)(H,15,21)(H,18,19). The molecular weight excluding hydrogens is 276 g/mol. The van der Waals surface area contributed by atoms with Crippen LogP contribution in [0.1, 0.15) is 19.3 Å². The fourth-order valence-electron chi connectivity index (χ4n) is 2.58. The van der Waals surface area contributed by atoms with E-state index in [4.69, 9.17) is 5.11 Å². The van der Waals surface area contributed by atoms with Crippen molar-refractivity contribution in [2.75, 3.05) is 39.3 Å². The maximum atomic E-state index is 12.1. The monoisotopic (exact) mass is 298 g/mol. The van der Waals surface area contributed by atoms with Gasteiger partial charge in [0.05, 0.1) is 6.42 Å². The van der Waals surface area contributed by atoms with Gasteiger partial charge in [0.25, 0.3) is 0 Å². The molecular formula is C13H22N4O4. The van der Waals surface area contributed by atoms with E-state index in [9.17, 15) is 14.4 Å². The first-order valence-corrected chi connectivity index (χ1v) is 7.33. The number of hydrogen-bond acceptors (Lipinski definition) is 4. The lowest BCUT2D eigenvalue weighted by Crippen LogP contribution is -2.57. The van der Waals surface area contributed by atoms with E-state index in [1.807, 2.05) is 4.90 Å². The van der Waals surface area contributed by atoms with Gasteiger partial charge >= 0.3 is 12.0 Å². The third-order valence-electron chi connectivity index (χ3n) is 3.88.